The fourth-order valence-electron chi connectivity index (χ4n) is 1.77. The summed E-state index contributed by atoms with van der Waals surface area (Å²) in [6.07, 6.45) is 1.82. The molecule has 0 spiro atoms. The Labute approximate surface area is 94.6 Å². The van der Waals surface area contributed by atoms with Gasteiger partial charge in [0.15, 0.2) is 0 Å². The van der Waals surface area contributed by atoms with E-state index in [0.717, 1.165) is 16.3 Å². The van der Waals surface area contributed by atoms with Crippen LogP contribution in [0, 0.1) is 0 Å². The van der Waals surface area contributed by atoms with E-state index >= 15 is 0 Å². The lowest BCUT2D eigenvalue weighted by Crippen LogP contribution is -2.17. The number of fused-ring (bicyclic) bond motifs is 1. The third kappa shape index (κ3) is 1.70. The molecule has 0 aromatic heterocycles. The van der Waals surface area contributed by atoms with Gasteiger partial charge >= 0.3 is 0 Å². The van der Waals surface area contributed by atoms with Gasteiger partial charge in [-0.3, -0.25) is 4.79 Å². The van der Waals surface area contributed by atoms with E-state index in [1.165, 1.54) is 0 Å². The molecule has 0 saturated heterocycles. The fraction of sp³-hybridized carbons (Fsp3) is 0.0714. The van der Waals surface area contributed by atoms with Gasteiger partial charge in [0.1, 0.15) is 0 Å². The lowest BCUT2D eigenvalue weighted by atomic mass is 10.0. The lowest BCUT2D eigenvalue weighted by Gasteiger charge is -2.05. The molecule has 1 N–H and O–H groups in total. The summed E-state index contributed by atoms with van der Waals surface area (Å²) in [5.41, 5.74) is 1.76. The molecule has 0 aliphatic carbocycles. The van der Waals surface area contributed by atoms with Crippen molar-refractivity contribution in [1.29, 1.82) is 0 Å². The van der Waals surface area contributed by atoms with Crippen molar-refractivity contribution in [2.75, 3.05) is 7.05 Å². The molecule has 2 aromatic carbocycles. The van der Waals surface area contributed by atoms with Gasteiger partial charge in [-0.15, -0.1) is 0 Å². The predicted molar refractivity (Wildman–Crippen MR) is 67.4 cm³/mol. The van der Waals surface area contributed by atoms with Gasteiger partial charge in [0.2, 0.25) is 0 Å². The SMILES string of the molecule is C=Cc1cccc2cc(C(=O)NC)ccc12. The van der Waals surface area contributed by atoms with E-state index in [4.69, 9.17) is 0 Å². The van der Waals surface area contributed by atoms with Gasteiger partial charge in [-0.25, -0.2) is 0 Å². The van der Waals surface area contributed by atoms with Gasteiger partial charge < -0.3 is 5.32 Å². The Bertz CT molecular complexity index is 558. The summed E-state index contributed by atoms with van der Waals surface area (Å²) in [4.78, 5) is 11.5. The molecule has 2 aromatic rings. The van der Waals surface area contributed by atoms with Crippen molar-refractivity contribution in [3.05, 3.63) is 54.1 Å². The van der Waals surface area contributed by atoms with Crippen molar-refractivity contribution >= 4 is 22.8 Å². The first-order valence-electron chi connectivity index (χ1n) is 5.13. The number of nitrogens with one attached hydrogen (secondary N) is 1. The normalized spacial score (nSPS) is 10.1. The molecule has 0 bridgehead atoms. The number of carbonyl (C=O) groups is 1. The number of benzene rings is 2. The Morgan fingerprint density at radius 3 is 2.81 bits per heavy atom. The topological polar surface area (TPSA) is 29.1 Å². The van der Waals surface area contributed by atoms with Crippen LogP contribution < -0.4 is 5.32 Å². The second-order valence-corrected chi connectivity index (χ2v) is 3.57. The molecule has 1 amide bonds. The van der Waals surface area contributed by atoms with Crippen LogP contribution >= 0.6 is 0 Å². The summed E-state index contributed by atoms with van der Waals surface area (Å²) in [5.74, 6) is -0.0640. The van der Waals surface area contributed by atoms with Crippen LogP contribution in [0.2, 0.25) is 0 Å². The summed E-state index contributed by atoms with van der Waals surface area (Å²) < 4.78 is 0. The van der Waals surface area contributed by atoms with Crippen LogP contribution in [0.1, 0.15) is 15.9 Å². The van der Waals surface area contributed by atoms with Gasteiger partial charge in [0.25, 0.3) is 5.91 Å². The minimum Gasteiger partial charge on any atom is -0.355 e. The molecule has 2 rings (SSSR count). The van der Waals surface area contributed by atoms with E-state index in [1.54, 1.807) is 7.05 Å². The van der Waals surface area contributed by atoms with Crippen molar-refractivity contribution in [2.24, 2.45) is 0 Å². The average molecular weight is 211 g/mol. The maximum Gasteiger partial charge on any atom is 0.251 e. The predicted octanol–water partition coefficient (Wildman–Crippen LogP) is 2.84. The van der Waals surface area contributed by atoms with E-state index in [0.29, 0.717) is 5.56 Å². The van der Waals surface area contributed by atoms with Crippen molar-refractivity contribution in [1.82, 2.24) is 5.32 Å². The second-order valence-electron chi connectivity index (χ2n) is 3.57. The largest absolute Gasteiger partial charge is 0.355 e. The molecule has 0 unspecified atom stereocenters. The maximum absolute atomic E-state index is 11.5. The number of carbonyl (C=O) groups excluding carboxylic acids is 1. The molecule has 2 nitrogen and oxygen atoms in total. The summed E-state index contributed by atoms with van der Waals surface area (Å²) in [6, 6.07) is 11.6. The first-order valence-corrected chi connectivity index (χ1v) is 5.13. The molecule has 0 heterocycles. The van der Waals surface area contributed by atoms with Crippen LogP contribution in [0.3, 0.4) is 0 Å². The molecular formula is C14H13NO. The molecule has 16 heavy (non-hydrogen) atoms. The first-order chi connectivity index (χ1) is 7.76. The lowest BCUT2D eigenvalue weighted by molar-refractivity contribution is 0.0963. The quantitative estimate of drug-likeness (QED) is 0.813. The molecule has 0 fully saturated rings. The molecule has 0 radical (unpaired) electrons. The third-order valence-electron chi connectivity index (χ3n) is 2.62. The molecule has 0 atom stereocenters. The van der Waals surface area contributed by atoms with E-state index in [2.05, 4.69) is 11.9 Å². The minimum absolute atomic E-state index is 0.0640. The number of amides is 1. The molecule has 0 aliphatic heterocycles. The van der Waals surface area contributed by atoms with Crippen molar-refractivity contribution < 1.29 is 4.79 Å². The highest BCUT2D eigenvalue weighted by molar-refractivity contribution is 6.00. The monoisotopic (exact) mass is 211 g/mol. The standard InChI is InChI=1S/C14H13NO/c1-3-10-5-4-6-11-9-12(14(16)15-2)7-8-13(10)11/h3-9H,1H2,2H3,(H,15,16). The Kier molecular flexibility index (Phi) is 2.73. The molecule has 0 saturated carbocycles. The van der Waals surface area contributed by atoms with Gasteiger partial charge in [0.05, 0.1) is 0 Å². The molecular weight excluding hydrogens is 198 g/mol. The van der Waals surface area contributed by atoms with Gasteiger partial charge in [0, 0.05) is 12.6 Å². The Morgan fingerprint density at radius 1 is 1.31 bits per heavy atom. The van der Waals surface area contributed by atoms with Crippen molar-refractivity contribution in [3.8, 4) is 0 Å². The molecule has 2 heteroatoms. The zero-order valence-corrected chi connectivity index (χ0v) is 9.16. The summed E-state index contributed by atoms with van der Waals surface area (Å²) in [5, 5.41) is 4.79. The van der Waals surface area contributed by atoms with Gasteiger partial charge in [-0.1, -0.05) is 36.9 Å². The molecule has 80 valence electrons. The second kappa shape index (κ2) is 4.19. The van der Waals surface area contributed by atoms with Crippen LogP contribution in [-0.4, -0.2) is 13.0 Å². The zero-order valence-electron chi connectivity index (χ0n) is 9.16. The zero-order chi connectivity index (χ0) is 11.5. The van der Waals surface area contributed by atoms with Crippen molar-refractivity contribution in [3.63, 3.8) is 0 Å². The van der Waals surface area contributed by atoms with Gasteiger partial charge in [-0.05, 0) is 28.5 Å². The Morgan fingerprint density at radius 2 is 2.12 bits per heavy atom. The average Bonchev–Trinajstić information content (AvgIpc) is 2.36. The van der Waals surface area contributed by atoms with Crippen molar-refractivity contribution in [2.45, 2.75) is 0 Å². The third-order valence-corrected chi connectivity index (χ3v) is 2.62. The van der Waals surface area contributed by atoms with Gasteiger partial charge in [-0.2, -0.15) is 0 Å². The van der Waals surface area contributed by atoms with Crippen LogP contribution in [0.25, 0.3) is 16.8 Å². The van der Waals surface area contributed by atoms with Crippen LogP contribution in [-0.2, 0) is 0 Å². The van der Waals surface area contributed by atoms with E-state index < -0.39 is 0 Å². The van der Waals surface area contributed by atoms with Crippen LogP contribution in [0.4, 0.5) is 0 Å². The summed E-state index contributed by atoms with van der Waals surface area (Å²) >= 11 is 0. The van der Waals surface area contributed by atoms with E-state index in [9.17, 15) is 4.79 Å². The molecule has 0 aliphatic rings. The number of hydrogen-bond acceptors (Lipinski definition) is 1. The van der Waals surface area contributed by atoms with Crippen LogP contribution in [0.15, 0.2) is 43.0 Å². The van der Waals surface area contributed by atoms with E-state index in [1.807, 2.05) is 42.5 Å². The minimum atomic E-state index is -0.0640. The number of hydrogen-bond donors (Lipinski definition) is 1. The fourth-order valence-corrected chi connectivity index (χ4v) is 1.77. The van der Waals surface area contributed by atoms with E-state index in [-0.39, 0.29) is 5.91 Å². The van der Waals surface area contributed by atoms with Crippen LogP contribution in [0.5, 0.6) is 0 Å². The highest BCUT2D eigenvalue weighted by atomic mass is 16.1. The Hall–Kier alpha value is -2.09. The number of rotatable bonds is 2. The first kappa shape index (κ1) is 10.4. The summed E-state index contributed by atoms with van der Waals surface area (Å²) in [7, 11) is 1.63. The summed E-state index contributed by atoms with van der Waals surface area (Å²) in [6.45, 7) is 3.78. The Balaban J connectivity index is 2.64. The maximum atomic E-state index is 11.5. The highest BCUT2D eigenvalue weighted by Crippen LogP contribution is 2.21. The highest BCUT2D eigenvalue weighted by Gasteiger charge is 2.04. The smallest absolute Gasteiger partial charge is 0.251 e.